The van der Waals surface area contributed by atoms with E-state index in [2.05, 4.69) is 4.98 Å². The van der Waals surface area contributed by atoms with Crippen molar-refractivity contribution in [3.8, 4) is 33.8 Å². The maximum atomic E-state index is 15.2. The van der Waals surface area contributed by atoms with Gasteiger partial charge in [-0.3, -0.25) is 15.0 Å². The first-order chi connectivity index (χ1) is 25.0. The summed E-state index contributed by atoms with van der Waals surface area (Å²) >= 11 is 0. The number of nitrogens with zero attached hydrogens (tertiary/aromatic N) is 4. The van der Waals surface area contributed by atoms with E-state index in [1.807, 2.05) is 0 Å². The highest BCUT2D eigenvalue weighted by atomic mass is 19.2. The Bertz CT molecular complexity index is 2280. The Kier molecular flexibility index (Phi) is 8.81. The number of benzene rings is 3. The highest BCUT2D eigenvalue weighted by Crippen LogP contribution is 2.44. The van der Waals surface area contributed by atoms with Crippen molar-refractivity contribution in [1.29, 1.82) is 0 Å². The quantitative estimate of drug-likeness (QED) is 0.159. The summed E-state index contributed by atoms with van der Waals surface area (Å²) in [6, 6.07) is 26.6. The number of hydrogen-bond acceptors (Lipinski definition) is 5. The van der Waals surface area contributed by atoms with Crippen molar-refractivity contribution in [1.82, 2.24) is 19.9 Å². The molecule has 0 saturated carbocycles. The highest BCUT2D eigenvalue weighted by molar-refractivity contribution is 5.85. The number of halogens is 6. The maximum Gasteiger partial charge on any atom is 0.354 e. The number of rotatable bonds is 8. The van der Waals surface area contributed by atoms with Gasteiger partial charge in [-0.2, -0.15) is 0 Å². The molecule has 4 aromatic heterocycles. The van der Waals surface area contributed by atoms with Gasteiger partial charge in [-0.05, 0) is 84.9 Å². The monoisotopic (exact) mass is 704 g/mol. The summed E-state index contributed by atoms with van der Waals surface area (Å²) in [5, 5.41) is 10.00. The van der Waals surface area contributed by atoms with Gasteiger partial charge in [0, 0.05) is 34.9 Å². The van der Waals surface area contributed by atoms with Crippen LogP contribution in [0.5, 0.6) is 0 Å². The average molecular weight is 705 g/mol. The second kappa shape index (κ2) is 13.6. The van der Waals surface area contributed by atoms with E-state index in [-0.39, 0.29) is 62.2 Å². The number of pyridine rings is 4. The number of carboxylic acids is 1. The first-order valence-electron chi connectivity index (χ1n) is 15.5. The van der Waals surface area contributed by atoms with E-state index in [4.69, 9.17) is 15.0 Å². The lowest BCUT2D eigenvalue weighted by molar-refractivity contribution is 0.0690. The van der Waals surface area contributed by atoms with Crippen LogP contribution in [0.25, 0.3) is 33.8 Å². The van der Waals surface area contributed by atoms with Crippen molar-refractivity contribution in [2.75, 3.05) is 0 Å². The van der Waals surface area contributed by atoms with Gasteiger partial charge in [-0.15, -0.1) is 0 Å². The number of hydrogen-bond donors (Lipinski definition) is 1. The highest BCUT2D eigenvalue weighted by Gasteiger charge is 2.45. The van der Waals surface area contributed by atoms with Gasteiger partial charge in [0.2, 0.25) is 0 Å². The predicted octanol–water partition coefficient (Wildman–Crippen LogP) is 9.18. The third-order valence-corrected chi connectivity index (χ3v) is 8.37. The van der Waals surface area contributed by atoms with E-state index >= 15 is 13.2 Å². The molecule has 0 aliphatic rings. The Hall–Kier alpha value is -6.69. The van der Waals surface area contributed by atoms with Crippen molar-refractivity contribution in [3.63, 3.8) is 0 Å². The third kappa shape index (κ3) is 6.15. The Morgan fingerprint density at radius 3 is 1.10 bits per heavy atom. The topological polar surface area (TPSA) is 88.9 Å². The van der Waals surface area contributed by atoms with Crippen molar-refractivity contribution >= 4 is 5.97 Å². The molecule has 0 radical (unpaired) electrons. The van der Waals surface area contributed by atoms with Gasteiger partial charge in [0.15, 0.2) is 0 Å². The molecule has 7 aromatic rings. The van der Waals surface area contributed by atoms with E-state index in [0.717, 1.165) is 18.2 Å². The number of carbonyl (C=O) groups is 1. The fraction of sp³-hybridized carbons (Fsp3) is 0.0250. The van der Waals surface area contributed by atoms with Crippen LogP contribution in [0.15, 0.2) is 127 Å². The summed E-state index contributed by atoms with van der Waals surface area (Å²) in [5.41, 5.74) is -2.27. The van der Waals surface area contributed by atoms with Crippen LogP contribution >= 0.6 is 0 Å². The molecule has 0 bridgehead atoms. The Morgan fingerprint density at radius 2 is 0.769 bits per heavy atom. The van der Waals surface area contributed by atoms with Gasteiger partial charge in [-0.25, -0.2) is 36.1 Å². The molecular formula is C40H22F6N4O2. The van der Waals surface area contributed by atoms with Crippen LogP contribution < -0.4 is 0 Å². The molecule has 12 heteroatoms. The van der Waals surface area contributed by atoms with Crippen molar-refractivity contribution < 1.29 is 36.2 Å². The summed E-state index contributed by atoms with van der Waals surface area (Å²) < 4.78 is 87.3. The molecule has 0 aliphatic heterocycles. The summed E-state index contributed by atoms with van der Waals surface area (Å²) in [7, 11) is 0. The number of aromatic carboxylic acids is 1. The van der Waals surface area contributed by atoms with Gasteiger partial charge in [0.25, 0.3) is 0 Å². The molecule has 0 fully saturated rings. The van der Waals surface area contributed by atoms with Crippen LogP contribution in [0.4, 0.5) is 26.3 Å². The second-order valence-electron chi connectivity index (χ2n) is 11.6. The summed E-state index contributed by atoms with van der Waals surface area (Å²) in [5.74, 6) is -6.57. The lowest BCUT2D eigenvalue weighted by Crippen LogP contribution is -2.36. The van der Waals surface area contributed by atoms with Crippen molar-refractivity contribution in [2.24, 2.45) is 0 Å². The van der Waals surface area contributed by atoms with E-state index in [0.29, 0.717) is 18.2 Å². The van der Waals surface area contributed by atoms with Crippen LogP contribution in [0.1, 0.15) is 33.3 Å². The molecule has 52 heavy (non-hydrogen) atoms. The van der Waals surface area contributed by atoms with Crippen LogP contribution in [0.2, 0.25) is 0 Å². The zero-order chi connectivity index (χ0) is 36.6. The SMILES string of the molecule is O=C(O)c1cccc(C(c2cccc(-c3ccc(F)cc3F)n2)(c2cccc(-c3ccc(F)cc3F)n2)c2cccc(-c3ccc(F)cc3F)n2)n1. The Labute approximate surface area is 291 Å². The molecule has 256 valence electrons. The van der Waals surface area contributed by atoms with E-state index in [1.165, 1.54) is 91.0 Å². The summed E-state index contributed by atoms with van der Waals surface area (Å²) in [6.07, 6.45) is 0. The number of carboxylic acid groups (broad SMARTS) is 1. The van der Waals surface area contributed by atoms with E-state index in [9.17, 15) is 23.1 Å². The lowest BCUT2D eigenvalue weighted by Gasteiger charge is -2.33. The molecule has 7 rings (SSSR count). The molecule has 0 atom stereocenters. The van der Waals surface area contributed by atoms with Gasteiger partial charge < -0.3 is 5.11 Å². The first kappa shape index (κ1) is 33.8. The zero-order valence-electron chi connectivity index (χ0n) is 26.5. The molecule has 0 spiro atoms. The van der Waals surface area contributed by atoms with Crippen molar-refractivity contribution in [3.05, 3.63) is 191 Å². The fourth-order valence-electron chi connectivity index (χ4n) is 6.02. The summed E-state index contributed by atoms with van der Waals surface area (Å²) in [4.78, 5) is 31.1. The van der Waals surface area contributed by atoms with Gasteiger partial charge in [0.1, 0.15) is 46.0 Å². The molecule has 3 aromatic carbocycles. The molecule has 6 nitrogen and oxygen atoms in total. The standard InChI is InChI=1S/C40H22F6N4O2/c41-22-13-16-25(28(44)19-22)31-5-1-9-35(47-31)40(38-12-4-8-34(50-38)39(51)52,36-10-2-6-32(48-36)26-17-14-23(42)20-29(26)45)37-11-3-7-33(49-37)27-18-15-24(43)21-30(27)46/h1-21H,(H,51,52). The molecule has 0 aliphatic carbocycles. The molecule has 0 amide bonds. The fourth-order valence-corrected chi connectivity index (χ4v) is 6.02. The minimum Gasteiger partial charge on any atom is -0.477 e. The Balaban J connectivity index is 1.60. The van der Waals surface area contributed by atoms with Crippen LogP contribution in [0.3, 0.4) is 0 Å². The Morgan fingerprint density at radius 1 is 0.442 bits per heavy atom. The molecule has 1 N–H and O–H groups in total. The van der Waals surface area contributed by atoms with Crippen LogP contribution in [0, 0.1) is 34.9 Å². The van der Waals surface area contributed by atoms with Gasteiger partial charge in [0.05, 0.1) is 39.9 Å². The largest absolute Gasteiger partial charge is 0.477 e. The van der Waals surface area contributed by atoms with Crippen LogP contribution in [-0.2, 0) is 5.41 Å². The predicted molar refractivity (Wildman–Crippen MR) is 179 cm³/mol. The minimum atomic E-state index is -1.92. The molecule has 0 unspecified atom stereocenters. The second-order valence-corrected chi connectivity index (χ2v) is 11.6. The normalized spacial score (nSPS) is 11.4. The lowest BCUT2D eigenvalue weighted by atomic mass is 9.73. The molecule has 4 heterocycles. The smallest absolute Gasteiger partial charge is 0.354 e. The first-order valence-corrected chi connectivity index (χ1v) is 15.5. The molecular weight excluding hydrogens is 682 g/mol. The molecule has 0 saturated heterocycles. The maximum absolute atomic E-state index is 15.2. The summed E-state index contributed by atoms with van der Waals surface area (Å²) in [6.45, 7) is 0. The van der Waals surface area contributed by atoms with Gasteiger partial charge >= 0.3 is 5.97 Å². The van der Waals surface area contributed by atoms with Crippen LogP contribution in [-0.4, -0.2) is 31.0 Å². The van der Waals surface area contributed by atoms with Gasteiger partial charge in [-0.1, -0.05) is 24.3 Å². The minimum absolute atomic E-state index is 0.00918. The van der Waals surface area contributed by atoms with E-state index < -0.39 is 46.3 Å². The van der Waals surface area contributed by atoms with Crippen molar-refractivity contribution in [2.45, 2.75) is 5.41 Å². The number of aromatic nitrogens is 4. The van der Waals surface area contributed by atoms with E-state index in [1.54, 1.807) is 0 Å². The average Bonchev–Trinajstić information content (AvgIpc) is 3.12. The zero-order valence-corrected chi connectivity index (χ0v) is 26.5. The third-order valence-electron chi connectivity index (χ3n) is 8.37.